The Morgan fingerprint density at radius 1 is 1.22 bits per heavy atom. The maximum Gasteiger partial charge on any atom is 0.257 e. The van der Waals surface area contributed by atoms with Crippen molar-refractivity contribution in [1.29, 1.82) is 0 Å². The number of ether oxygens (including phenoxy) is 2. The number of anilines is 1. The SMILES string of the molecule is CC(C)Oc1cc(Oc2ccc(CO)cn2)cc(C(=O)Nc2nccs2)c1. The molecule has 0 aliphatic heterocycles. The molecule has 3 rings (SSSR count). The molecule has 0 spiro atoms. The minimum absolute atomic E-state index is 0.0583. The normalized spacial score (nSPS) is 10.7. The molecule has 0 aliphatic carbocycles. The molecule has 1 amide bonds. The molecule has 0 radical (unpaired) electrons. The van der Waals surface area contributed by atoms with E-state index in [9.17, 15) is 4.79 Å². The Labute approximate surface area is 160 Å². The molecule has 0 saturated carbocycles. The molecule has 27 heavy (non-hydrogen) atoms. The predicted molar refractivity (Wildman–Crippen MR) is 103 cm³/mol. The maximum atomic E-state index is 12.5. The van der Waals surface area contributed by atoms with Gasteiger partial charge < -0.3 is 14.6 Å². The Morgan fingerprint density at radius 2 is 2.04 bits per heavy atom. The number of hydrogen-bond donors (Lipinski definition) is 2. The fraction of sp³-hybridized carbons (Fsp3) is 0.211. The van der Waals surface area contributed by atoms with Crippen LogP contribution in [0, 0.1) is 0 Å². The molecule has 7 nitrogen and oxygen atoms in total. The highest BCUT2D eigenvalue weighted by Gasteiger charge is 2.13. The molecule has 2 aromatic heterocycles. The predicted octanol–water partition coefficient (Wildman–Crippen LogP) is 3.86. The number of thiazole rings is 1. The third kappa shape index (κ3) is 5.25. The third-order valence-corrected chi connectivity index (χ3v) is 4.06. The molecule has 8 heteroatoms. The number of carbonyl (C=O) groups excluding carboxylic acids is 1. The number of hydrogen-bond acceptors (Lipinski definition) is 7. The van der Waals surface area contributed by atoms with E-state index in [-0.39, 0.29) is 18.6 Å². The molecule has 3 aromatic rings. The zero-order chi connectivity index (χ0) is 19.2. The molecule has 0 atom stereocenters. The lowest BCUT2D eigenvalue weighted by atomic mass is 10.2. The summed E-state index contributed by atoms with van der Waals surface area (Å²) in [5.74, 6) is 0.966. The molecule has 0 saturated heterocycles. The quantitative estimate of drug-likeness (QED) is 0.641. The summed E-state index contributed by atoms with van der Waals surface area (Å²) >= 11 is 1.34. The minimum atomic E-state index is -0.312. The average molecular weight is 385 g/mol. The number of aliphatic hydroxyl groups excluding tert-OH is 1. The summed E-state index contributed by atoms with van der Waals surface area (Å²) in [5, 5.41) is 14.1. The molecule has 1 aromatic carbocycles. The minimum Gasteiger partial charge on any atom is -0.491 e. The first kappa shape index (κ1) is 18.8. The van der Waals surface area contributed by atoms with Crippen LogP contribution in [0.4, 0.5) is 5.13 Å². The van der Waals surface area contributed by atoms with Gasteiger partial charge in [-0.1, -0.05) is 0 Å². The number of carbonyl (C=O) groups is 1. The van der Waals surface area contributed by atoms with E-state index in [1.54, 1.807) is 41.9 Å². The fourth-order valence-electron chi connectivity index (χ4n) is 2.24. The molecule has 0 unspecified atom stereocenters. The number of aromatic nitrogens is 2. The lowest BCUT2D eigenvalue weighted by Crippen LogP contribution is -2.13. The molecule has 0 aliphatic rings. The van der Waals surface area contributed by atoms with Gasteiger partial charge in [-0.25, -0.2) is 9.97 Å². The van der Waals surface area contributed by atoms with Gasteiger partial charge in [-0.2, -0.15) is 0 Å². The van der Waals surface area contributed by atoms with Crippen molar-refractivity contribution in [2.24, 2.45) is 0 Å². The first-order valence-corrected chi connectivity index (χ1v) is 9.17. The first-order chi connectivity index (χ1) is 13.0. The summed E-state index contributed by atoms with van der Waals surface area (Å²) in [6.07, 6.45) is 3.09. The number of aliphatic hydroxyl groups is 1. The van der Waals surface area contributed by atoms with Crippen LogP contribution in [0.2, 0.25) is 0 Å². The highest BCUT2D eigenvalue weighted by molar-refractivity contribution is 7.13. The molecular weight excluding hydrogens is 366 g/mol. The molecule has 2 N–H and O–H groups in total. The van der Waals surface area contributed by atoms with Gasteiger partial charge in [0.15, 0.2) is 5.13 Å². The highest BCUT2D eigenvalue weighted by Crippen LogP contribution is 2.28. The van der Waals surface area contributed by atoms with Crippen molar-refractivity contribution < 1.29 is 19.4 Å². The van der Waals surface area contributed by atoms with Gasteiger partial charge in [-0.05, 0) is 37.6 Å². The second-order valence-corrected chi connectivity index (χ2v) is 6.81. The average Bonchev–Trinajstić information content (AvgIpc) is 3.14. The zero-order valence-corrected chi connectivity index (χ0v) is 15.7. The van der Waals surface area contributed by atoms with E-state index in [0.29, 0.717) is 33.6 Å². The smallest absolute Gasteiger partial charge is 0.257 e. The van der Waals surface area contributed by atoms with Gasteiger partial charge in [0, 0.05) is 35.5 Å². The number of benzene rings is 1. The van der Waals surface area contributed by atoms with Crippen molar-refractivity contribution in [2.45, 2.75) is 26.6 Å². The van der Waals surface area contributed by atoms with Crippen LogP contribution in [0.5, 0.6) is 17.4 Å². The number of pyridine rings is 1. The summed E-state index contributed by atoms with van der Waals surface area (Å²) in [4.78, 5) is 20.7. The molecular formula is C19H19N3O4S. The van der Waals surface area contributed by atoms with Gasteiger partial charge in [0.1, 0.15) is 11.5 Å². The molecule has 0 bridgehead atoms. The Hall–Kier alpha value is -2.97. The number of amides is 1. The highest BCUT2D eigenvalue weighted by atomic mass is 32.1. The topological polar surface area (TPSA) is 93.6 Å². The number of rotatable bonds is 7. The van der Waals surface area contributed by atoms with Crippen LogP contribution < -0.4 is 14.8 Å². The van der Waals surface area contributed by atoms with Crippen LogP contribution in [-0.4, -0.2) is 27.1 Å². The summed E-state index contributed by atoms with van der Waals surface area (Å²) in [6.45, 7) is 3.71. The summed E-state index contributed by atoms with van der Waals surface area (Å²) in [6, 6.07) is 8.32. The van der Waals surface area contributed by atoms with E-state index in [0.717, 1.165) is 0 Å². The largest absolute Gasteiger partial charge is 0.491 e. The summed E-state index contributed by atoms with van der Waals surface area (Å²) < 4.78 is 11.5. The zero-order valence-electron chi connectivity index (χ0n) is 14.9. The maximum absolute atomic E-state index is 12.5. The first-order valence-electron chi connectivity index (χ1n) is 8.29. The van der Waals surface area contributed by atoms with Gasteiger partial charge in [-0.3, -0.25) is 10.1 Å². The van der Waals surface area contributed by atoms with Crippen molar-refractivity contribution in [3.8, 4) is 17.4 Å². The van der Waals surface area contributed by atoms with Crippen molar-refractivity contribution in [3.63, 3.8) is 0 Å². The van der Waals surface area contributed by atoms with Crippen molar-refractivity contribution in [1.82, 2.24) is 9.97 Å². The second-order valence-electron chi connectivity index (χ2n) is 5.92. The Morgan fingerprint density at radius 3 is 2.67 bits per heavy atom. The van der Waals surface area contributed by atoms with E-state index >= 15 is 0 Å². The molecule has 0 fully saturated rings. The van der Waals surface area contributed by atoms with E-state index in [2.05, 4.69) is 15.3 Å². The van der Waals surface area contributed by atoms with Crippen molar-refractivity contribution >= 4 is 22.4 Å². The molecule has 140 valence electrons. The van der Waals surface area contributed by atoms with Crippen molar-refractivity contribution in [3.05, 3.63) is 59.2 Å². The van der Waals surface area contributed by atoms with Crippen molar-refractivity contribution in [2.75, 3.05) is 5.32 Å². The second kappa shape index (κ2) is 8.61. The monoisotopic (exact) mass is 385 g/mol. The van der Waals surface area contributed by atoms with Gasteiger partial charge in [-0.15, -0.1) is 11.3 Å². The van der Waals surface area contributed by atoms with Crippen LogP contribution in [0.3, 0.4) is 0 Å². The van der Waals surface area contributed by atoms with Gasteiger partial charge in [0.2, 0.25) is 5.88 Å². The van der Waals surface area contributed by atoms with E-state index in [4.69, 9.17) is 14.6 Å². The van der Waals surface area contributed by atoms with Gasteiger partial charge >= 0.3 is 0 Å². The third-order valence-electron chi connectivity index (χ3n) is 3.37. The van der Waals surface area contributed by atoms with Crippen LogP contribution in [0.1, 0.15) is 29.8 Å². The standard InChI is InChI=1S/C19H19N3O4S/c1-12(2)25-15-7-14(18(24)22-19-20-5-6-27-19)8-16(9-15)26-17-4-3-13(11-23)10-21-17/h3-10,12,23H,11H2,1-2H3,(H,20,22,24). The Balaban J connectivity index is 1.86. The number of nitrogens with zero attached hydrogens (tertiary/aromatic N) is 2. The van der Waals surface area contributed by atoms with E-state index < -0.39 is 0 Å². The van der Waals surface area contributed by atoms with Gasteiger partial charge in [0.05, 0.1) is 12.7 Å². The van der Waals surface area contributed by atoms with E-state index in [1.807, 2.05) is 13.8 Å². The fourth-order valence-corrected chi connectivity index (χ4v) is 2.77. The molecule has 2 heterocycles. The Kier molecular flexibility index (Phi) is 6.00. The van der Waals surface area contributed by atoms with Crippen LogP contribution in [0.15, 0.2) is 48.1 Å². The lowest BCUT2D eigenvalue weighted by molar-refractivity contribution is 0.102. The van der Waals surface area contributed by atoms with Crippen LogP contribution >= 0.6 is 11.3 Å². The summed E-state index contributed by atoms with van der Waals surface area (Å²) in [7, 11) is 0. The van der Waals surface area contributed by atoms with Gasteiger partial charge in [0.25, 0.3) is 5.91 Å². The number of nitrogens with one attached hydrogen (secondary N) is 1. The summed E-state index contributed by atoms with van der Waals surface area (Å²) in [5.41, 5.74) is 1.06. The lowest BCUT2D eigenvalue weighted by Gasteiger charge is -2.13. The van der Waals surface area contributed by atoms with Crippen LogP contribution in [-0.2, 0) is 6.61 Å². The van der Waals surface area contributed by atoms with E-state index in [1.165, 1.54) is 17.5 Å². The Bertz CT molecular complexity index is 896. The van der Waals surface area contributed by atoms with Crippen LogP contribution in [0.25, 0.3) is 0 Å².